The fourth-order valence-corrected chi connectivity index (χ4v) is 0.788. The molecule has 0 aromatic carbocycles. The van der Waals surface area contributed by atoms with Crippen LogP contribution < -0.4 is 5.32 Å². The molecule has 0 aliphatic heterocycles. The number of imidazole rings is 1. The van der Waals surface area contributed by atoms with Crippen LogP contribution in [0.4, 0.5) is 0 Å². The first-order valence-corrected chi connectivity index (χ1v) is 3.66. The lowest BCUT2D eigenvalue weighted by atomic mass is 10.5. The predicted octanol–water partition coefficient (Wildman–Crippen LogP) is 0.185. The van der Waals surface area contributed by atoms with Gasteiger partial charge in [0, 0.05) is 18.9 Å². The first-order chi connectivity index (χ1) is 5.83. The maximum absolute atomic E-state index is 11.1. The van der Waals surface area contributed by atoms with Gasteiger partial charge in [-0.2, -0.15) is 0 Å². The van der Waals surface area contributed by atoms with Crippen LogP contribution in [0.2, 0.25) is 0 Å². The molecule has 0 atom stereocenters. The molecule has 1 rings (SSSR count). The SMILES string of the molecule is C=CCNC(=O)Cn1ccnc1. The van der Waals surface area contributed by atoms with Gasteiger partial charge in [-0.15, -0.1) is 6.58 Å². The summed E-state index contributed by atoms with van der Waals surface area (Å²) in [4.78, 5) is 14.9. The number of hydrogen-bond acceptors (Lipinski definition) is 2. The van der Waals surface area contributed by atoms with Crippen molar-refractivity contribution in [1.82, 2.24) is 14.9 Å². The zero-order chi connectivity index (χ0) is 8.81. The molecule has 0 saturated heterocycles. The lowest BCUT2D eigenvalue weighted by Crippen LogP contribution is -2.26. The number of hydrogen-bond donors (Lipinski definition) is 1. The van der Waals surface area contributed by atoms with Crippen molar-refractivity contribution in [3.63, 3.8) is 0 Å². The van der Waals surface area contributed by atoms with Gasteiger partial charge in [-0.3, -0.25) is 4.79 Å². The van der Waals surface area contributed by atoms with Gasteiger partial charge < -0.3 is 9.88 Å². The van der Waals surface area contributed by atoms with Crippen molar-refractivity contribution in [2.24, 2.45) is 0 Å². The van der Waals surface area contributed by atoms with Crippen LogP contribution in [0.3, 0.4) is 0 Å². The third kappa shape index (κ3) is 2.57. The van der Waals surface area contributed by atoms with Gasteiger partial charge in [-0.1, -0.05) is 6.08 Å². The van der Waals surface area contributed by atoms with Crippen molar-refractivity contribution in [1.29, 1.82) is 0 Å². The van der Waals surface area contributed by atoms with Gasteiger partial charge >= 0.3 is 0 Å². The Balaban J connectivity index is 2.32. The van der Waals surface area contributed by atoms with Gasteiger partial charge in [0.2, 0.25) is 5.91 Å². The summed E-state index contributed by atoms with van der Waals surface area (Å²) >= 11 is 0. The molecular weight excluding hydrogens is 154 g/mol. The molecular formula is C8H11N3O. The molecule has 0 radical (unpaired) electrons. The number of aromatic nitrogens is 2. The van der Waals surface area contributed by atoms with E-state index in [0.29, 0.717) is 13.1 Å². The molecule has 12 heavy (non-hydrogen) atoms. The summed E-state index contributed by atoms with van der Waals surface area (Å²) < 4.78 is 1.71. The minimum Gasteiger partial charge on any atom is -0.351 e. The Bertz CT molecular complexity index is 253. The number of carbonyl (C=O) groups is 1. The van der Waals surface area contributed by atoms with E-state index in [1.807, 2.05) is 0 Å². The van der Waals surface area contributed by atoms with E-state index < -0.39 is 0 Å². The summed E-state index contributed by atoms with van der Waals surface area (Å²) in [5.41, 5.74) is 0. The average Bonchev–Trinajstić information content (AvgIpc) is 2.53. The molecule has 0 aliphatic carbocycles. The van der Waals surface area contributed by atoms with Gasteiger partial charge in [-0.25, -0.2) is 4.98 Å². The smallest absolute Gasteiger partial charge is 0.240 e. The molecule has 4 heteroatoms. The van der Waals surface area contributed by atoms with Crippen molar-refractivity contribution >= 4 is 5.91 Å². The van der Waals surface area contributed by atoms with Gasteiger partial charge in [0.25, 0.3) is 0 Å². The molecule has 1 aromatic heterocycles. The fraction of sp³-hybridized carbons (Fsp3) is 0.250. The summed E-state index contributed by atoms with van der Waals surface area (Å²) in [7, 11) is 0. The van der Waals surface area contributed by atoms with Crippen LogP contribution in [-0.4, -0.2) is 22.0 Å². The van der Waals surface area contributed by atoms with E-state index in [-0.39, 0.29) is 5.91 Å². The van der Waals surface area contributed by atoms with Gasteiger partial charge in [-0.05, 0) is 0 Å². The second-order valence-corrected chi connectivity index (χ2v) is 2.33. The molecule has 1 heterocycles. The number of rotatable bonds is 4. The van der Waals surface area contributed by atoms with Crippen molar-refractivity contribution < 1.29 is 4.79 Å². The molecule has 0 spiro atoms. The highest BCUT2D eigenvalue weighted by Crippen LogP contribution is 1.84. The maximum atomic E-state index is 11.1. The lowest BCUT2D eigenvalue weighted by molar-refractivity contribution is -0.121. The highest BCUT2D eigenvalue weighted by atomic mass is 16.1. The van der Waals surface area contributed by atoms with E-state index in [1.54, 1.807) is 29.4 Å². The third-order valence-corrected chi connectivity index (χ3v) is 1.33. The summed E-state index contributed by atoms with van der Waals surface area (Å²) in [5.74, 6) is -0.0344. The van der Waals surface area contributed by atoms with Crippen molar-refractivity contribution in [3.8, 4) is 0 Å². The minimum atomic E-state index is -0.0344. The van der Waals surface area contributed by atoms with Crippen LogP contribution >= 0.6 is 0 Å². The van der Waals surface area contributed by atoms with Crippen LogP contribution in [0.5, 0.6) is 0 Å². The maximum Gasteiger partial charge on any atom is 0.240 e. The Morgan fingerprint density at radius 1 is 1.75 bits per heavy atom. The predicted molar refractivity (Wildman–Crippen MR) is 45.4 cm³/mol. The summed E-state index contributed by atoms with van der Waals surface area (Å²) in [6.45, 7) is 4.32. The van der Waals surface area contributed by atoms with E-state index in [4.69, 9.17) is 0 Å². The Hall–Kier alpha value is -1.58. The summed E-state index contributed by atoms with van der Waals surface area (Å²) in [6, 6.07) is 0. The zero-order valence-corrected chi connectivity index (χ0v) is 6.73. The number of nitrogens with zero attached hydrogens (tertiary/aromatic N) is 2. The van der Waals surface area contributed by atoms with E-state index in [1.165, 1.54) is 0 Å². The zero-order valence-electron chi connectivity index (χ0n) is 6.73. The molecule has 4 nitrogen and oxygen atoms in total. The molecule has 1 aromatic rings. The molecule has 1 N–H and O–H groups in total. The van der Waals surface area contributed by atoms with Crippen molar-refractivity contribution in [3.05, 3.63) is 31.4 Å². The normalized spacial score (nSPS) is 9.33. The summed E-state index contributed by atoms with van der Waals surface area (Å²) in [6.07, 6.45) is 6.63. The first kappa shape index (κ1) is 8.52. The van der Waals surface area contributed by atoms with E-state index in [0.717, 1.165) is 0 Å². The highest BCUT2D eigenvalue weighted by molar-refractivity contribution is 5.75. The van der Waals surface area contributed by atoms with E-state index in [2.05, 4.69) is 16.9 Å². The molecule has 0 aliphatic rings. The van der Waals surface area contributed by atoms with Crippen LogP contribution in [0.25, 0.3) is 0 Å². The Labute approximate surface area is 70.9 Å². The van der Waals surface area contributed by atoms with Crippen LogP contribution in [0.1, 0.15) is 0 Å². The molecule has 0 unspecified atom stereocenters. The van der Waals surface area contributed by atoms with Gasteiger partial charge in [0.15, 0.2) is 0 Å². The average molecular weight is 165 g/mol. The highest BCUT2D eigenvalue weighted by Gasteiger charge is 1.98. The molecule has 0 bridgehead atoms. The quantitative estimate of drug-likeness (QED) is 0.647. The van der Waals surface area contributed by atoms with E-state index >= 15 is 0 Å². The first-order valence-electron chi connectivity index (χ1n) is 3.66. The second kappa shape index (κ2) is 4.33. The standard InChI is InChI=1S/C8H11N3O/c1-2-3-10-8(12)6-11-5-4-9-7-11/h2,4-5,7H,1,3,6H2,(H,10,12). The molecule has 64 valence electrons. The van der Waals surface area contributed by atoms with Crippen LogP contribution in [0.15, 0.2) is 31.4 Å². The second-order valence-electron chi connectivity index (χ2n) is 2.33. The third-order valence-electron chi connectivity index (χ3n) is 1.33. The fourth-order valence-electron chi connectivity index (χ4n) is 0.788. The van der Waals surface area contributed by atoms with Crippen molar-refractivity contribution in [2.75, 3.05) is 6.54 Å². The number of nitrogens with one attached hydrogen (secondary N) is 1. The minimum absolute atomic E-state index is 0.0344. The van der Waals surface area contributed by atoms with Gasteiger partial charge in [0.1, 0.15) is 6.54 Å². The molecule has 0 fully saturated rings. The number of amides is 1. The van der Waals surface area contributed by atoms with Crippen LogP contribution in [0, 0.1) is 0 Å². The van der Waals surface area contributed by atoms with E-state index in [9.17, 15) is 4.79 Å². The Kier molecular flexibility index (Phi) is 3.07. The topological polar surface area (TPSA) is 46.9 Å². The largest absolute Gasteiger partial charge is 0.351 e. The van der Waals surface area contributed by atoms with Crippen molar-refractivity contribution in [2.45, 2.75) is 6.54 Å². The monoisotopic (exact) mass is 165 g/mol. The Morgan fingerprint density at radius 2 is 2.58 bits per heavy atom. The lowest BCUT2D eigenvalue weighted by Gasteiger charge is -2.01. The molecule has 0 saturated carbocycles. The van der Waals surface area contributed by atoms with Gasteiger partial charge in [0.05, 0.1) is 6.33 Å². The summed E-state index contributed by atoms with van der Waals surface area (Å²) in [5, 5.41) is 2.66. The van der Waals surface area contributed by atoms with Crippen LogP contribution in [-0.2, 0) is 11.3 Å². The molecule has 1 amide bonds. The Morgan fingerprint density at radius 3 is 3.17 bits per heavy atom. The number of carbonyl (C=O) groups excluding carboxylic acids is 1.